The van der Waals surface area contributed by atoms with E-state index in [0.29, 0.717) is 16.9 Å². The number of benzene rings is 2. The van der Waals surface area contributed by atoms with E-state index in [2.05, 4.69) is 10.0 Å². The molecule has 0 saturated carbocycles. The standard InChI is InChI=1S/C20H27N3O6S2/c1-6-23(7-2)31(27,28)19-12-15(9-11-18(19)29-4)20(24)21-16-10-8-14(3)17(13-16)22-30(5,25)26/h8-13,22H,6-7H2,1-5H3,(H,21,24). The molecule has 31 heavy (non-hydrogen) atoms. The van der Waals surface area contributed by atoms with Gasteiger partial charge in [-0.15, -0.1) is 0 Å². The zero-order valence-electron chi connectivity index (χ0n) is 18.1. The molecule has 0 spiro atoms. The van der Waals surface area contributed by atoms with E-state index in [1.54, 1.807) is 32.9 Å². The van der Waals surface area contributed by atoms with Crippen LogP contribution in [0.25, 0.3) is 0 Å². The summed E-state index contributed by atoms with van der Waals surface area (Å²) in [6.07, 6.45) is 1.03. The van der Waals surface area contributed by atoms with Crippen LogP contribution in [0.5, 0.6) is 5.75 Å². The highest BCUT2D eigenvalue weighted by Gasteiger charge is 2.27. The zero-order chi connectivity index (χ0) is 23.4. The van der Waals surface area contributed by atoms with Crippen molar-refractivity contribution in [3.63, 3.8) is 0 Å². The Hall–Kier alpha value is -2.63. The Bertz CT molecular complexity index is 1170. The first-order chi connectivity index (χ1) is 14.4. The number of rotatable bonds is 9. The van der Waals surface area contributed by atoms with Gasteiger partial charge in [-0.1, -0.05) is 19.9 Å². The van der Waals surface area contributed by atoms with E-state index in [4.69, 9.17) is 4.74 Å². The van der Waals surface area contributed by atoms with Crippen LogP contribution >= 0.6 is 0 Å². The summed E-state index contributed by atoms with van der Waals surface area (Å²) in [6.45, 7) is 5.73. The second-order valence-electron chi connectivity index (χ2n) is 6.81. The van der Waals surface area contributed by atoms with E-state index in [-0.39, 0.29) is 29.3 Å². The Balaban J connectivity index is 2.40. The molecule has 2 aromatic rings. The number of carbonyl (C=O) groups is 1. The van der Waals surface area contributed by atoms with Crippen molar-refractivity contribution in [3.8, 4) is 5.75 Å². The molecule has 0 aromatic heterocycles. The minimum absolute atomic E-state index is 0.102. The predicted molar refractivity (Wildman–Crippen MR) is 121 cm³/mol. The quantitative estimate of drug-likeness (QED) is 0.582. The molecule has 1 amide bonds. The van der Waals surface area contributed by atoms with Crippen LogP contribution < -0.4 is 14.8 Å². The fraction of sp³-hybridized carbons (Fsp3) is 0.350. The number of sulfonamides is 2. The van der Waals surface area contributed by atoms with Crippen molar-refractivity contribution < 1.29 is 26.4 Å². The molecule has 9 nitrogen and oxygen atoms in total. The maximum absolute atomic E-state index is 13.0. The van der Waals surface area contributed by atoms with Crippen molar-refractivity contribution in [1.29, 1.82) is 0 Å². The summed E-state index contributed by atoms with van der Waals surface area (Å²) in [5.41, 5.74) is 1.48. The van der Waals surface area contributed by atoms with Gasteiger partial charge in [0.1, 0.15) is 10.6 Å². The molecule has 0 atom stereocenters. The van der Waals surface area contributed by atoms with Gasteiger partial charge in [-0.3, -0.25) is 9.52 Å². The van der Waals surface area contributed by atoms with Gasteiger partial charge in [0.15, 0.2) is 0 Å². The normalized spacial score (nSPS) is 11.9. The van der Waals surface area contributed by atoms with Crippen molar-refractivity contribution in [2.45, 2.75) is 25.7 Å². The highest BCUT2D eigenvalue weighted by molar-refractivity contribution is 7.92. The van der Waals surface area contributed by atoms with E-state index in [1.807, 2.05) is 0 Å². The molecule has 2 aromatic carbocycles. The summed E-state index contributed by atoms with van der Waals surface area (Å²) in [6, 6.07) is 8.93. The van der Waals surface area contributed by atoms with Crippen LogP contribution in [0.4, 0.5) is 11.4 Å². The van der Waals surface area contributed by atoms with Gasteiger partial charge in [0.25, 0.3) is 5.91 Å². The van der Waals surface area contributed by atoms with Gasteiger partial charge in [-0.2, -0.15) is 4.31 Å². The molecule has 2 N–H and O–H groups in total. The Morgan fingerprint density at radius 2 is 1.68 bits per heavy atom. The minimum atomic E-state index is -3.85. The molecule has 0 fully saturated rings. The summed E-state index contributed by atoms with van der Waals surface area (Å²) < 4.78 is 57.9. The van der Waals surface area contributed by atoms with Gasteiger partial charge >= 0.3 is 0 Å². The molecule has 170 valence electrons. The van der Waals surface area contributed by atoms with Gasteiger partial charge < -0.3 is 10.1 Å². The maximum Gasteiger partial charge on any atom is 0.255 e. The van der Waals surface area contributed by atoms with Crippen LogP contribution in [0.1, 0.15) is 29.8 Å². The topological polar surface area (TPSA) is 122 Å². The Morgan fingerprint density at radius 3 is 2.23 bits per heavy atom. The largest absolute Gasteiger partial charge is 0.495 e. The van der Waals surface area contributed by atoms with E-state index >= 15 is 0 Å². The molecule has 0 aliphatic rings. The molecular formula is C20H27N3O6S2. The lowest BCUT2D eigenvalue weighted by molar-refractivity contribution is 0.102. The van der Waals surface area contributed by atoms with E-state index in [9.17, 15) is 21.6 Å². The number of nitrogens with one attached hydrogen (secondary N) is 2. The first kappa shape index (κ1) is 24.6. The lowest BCUT2D eigenvalue weighted by Gasteiger charge is -2.20. The van der Waals surface area contributed by atoms with E-state index in [0.717, 1.165) is 6.26 Å². The van der Waals surface area contributed by atoms with Gasteiger partial charge in [-0.25, -0.2) is 16.8 Å². The average molecular weight is 470 g/mol. The first-order valence-corrected chi connectivity index (χ1v) is 12.8. The number of hydrogen-bond donors (Lipinski definition) is 2. The van der Waals surface area contributed by atoms with Crippen LogP contribution in [-0.4, -0.2) is 53.5 Å². The van der Waals surface area contributed by atoms with Crippen molar-refractivity contribution in [3.05, 3.63) is 47.5 Å². The Kier molecular flexibility index (Phi) is 7.68. The number of carbonyl (C=O) groups excluding carboxylic acids is 1. The maximum atomic E-state index is 13.0. The molecule has 0 unspecified atom stereocenters. The van der Waals surface area contributed by atoms with Crippen molar-refractivity contribution in [2.75, 3.05) is 36.5 Å². The number of methoxy groups -OCH3 is 1. The Morgan fingerprint density at radius 1 is 1.03 bits per heavy atom. The lowest BCUT2D eigenvalue weighted by Crippen LogP contribution is -2.31. The predicted octanol–water partition coefficient (Wildman–Crippen LogP) is 2.66. The van der Waals surface area contributed by atoms with E-state index in [1.165, 1.54) is 35.7 Å². The third kappa shape index (κ3) is 5.96. The summed E-state index contributed by atoms with van der Waals surface area (Å²) >= 11 is 0. The number of anilines is 2. The first-order valence-electron chi connectivity index (χ1n) is 9.50. The Labute approximate surface area is 183 Å². The molecule has 0 aliphatic heterocycles. The monoisotopic (exact) mass is 469 g/mol. The average Bonchev–Trinajstić information content (AvgIpc) is 2.69. The number of hydrogen-bond acceptors (Lipinski definition) is 6. The molecule has 0 aliphatic carbocycles. The third-order valence-electron chi connectivity index (χ3n) is 4.54. The van der Waals surface area contributed by atoms with E-state index < -0.39 is 26.0 Å². The highest BCUT2D eigenvalue weighted by atomic mass is 32.2. The van der Waals surface area contributed by atoms with Crippen molar-refractivity contribution in [2.24, 2.45) is 0 Å². The van der Waals surface area contributed by atoms with Crippen molar-refractivity contribution >= 4 is 37.3 Å². The van der Waals surface area contributed by atoms with Gasteiger partial charge in [-0.05, 0) is 42.8 Å². The fourth-order valence-electron chi connectivity index (χ4n) is 2.93. The molecule has 0 saturated heterocycles. The summed E-state index contributed by atoms with van der Waals surface area (Å²) in [7, 11) is -5.98. The molecule has 0 radical (unpaired) electrons. The highest BCUT2D eigenvalue weighted by Crippen LogP contribution is 2.28. The third-order valence-corrected chi connectivity index (χ3v) is 7.20. The SMILES string of the molecule is CCN(CC)S(=O)(=O)c1cc(C(=O)Nc2ccc(C)c(NS(C)(=O)=O)c2)ccc1OC. The second kappa shape index (κ2) is 9.67. The van der Waals surface area contributed by atoms with Gasteiger partial charge in [0.2, 0.25) is 20.0 Å². The van der Waals surface area contributed by atoms with Crippen LogP contribution in [-0.2, 0) is 20.0 Å². The smallest absolute Gasteiger partial charge is 0.255 e. The lowest BCUT2D eigenvalue weighted by atomic mass is 10.1. The molecule has 11 heteroatoms. The number of aryl methyl sites for hydroxylation is 1. The number of amides is 1. The minimum Gasteiger partial charge on any atom is -0.495 e. The molecule has 2 rings (SSSR count). The van der Waals surface area contributed by atoms with Crippen LogP contribution in [0, 0.1) is 6.92 Å². The van der Waals surface area contributed by atoms with Crippen molar-refractivity contribution in [1.82, 2.24) is 4.31 Å². The number of ether oxygens (including phenoxy) is 1. The fourth-order valence-corrected chi connectivity index (χ4v) is 5.19. The number of nitrogens with zero attached hydrogens (tertiary/aromatic N) is 1. The van der Waals surface area contributed by atoms with Gasteiger partial charge in [0.05, 0.1) is 19.1 Å². The zero-order valence-corrected chi connectivity index (χ0v) is 19.7. The van der Waals surface area contributed by atoms with Crippen LogP contribution in [0.2, 0.25) is 0 Å². The molecule has 0 bridgehead atoms. The summed E-state index contributed by atoms with van der Waals surface area (Å²) in [4.78, 5) is 12.7. The molecular weight excluding hydrogens is 442 g/mol. The summed E-state index contributed by atoms with van der Waals surface area (Å²) in [5, 5.41) is 2.66. The van der Waals surface area contributed by atoms with Gasteiger partial charge in [0, 0.05) is 24.3 Å². The molecule has 0 heterocycles. The van der Waals surface area contributed by atoms with Crippen LogP contribution in [0.15, 0.2) is 41.3 Å². The second-order valence-corrected chi connectivity index (χ2v) is 10.5. The van der Waals surface area contributed by atoms with Crippen LogP contribution in [0.3, 0.4) is 0 Å². The summed E-state index contributed by atoms with van der Waals surface area (Å²) in [5.74, 6) is -0.411.